The number of ether oxygens (including phenoxy) is 1. The van der Waals surface area contributed by atoms with Crippen LogP contribution < -0.4 is 0 Å². The number of benzene rings is 1. The molecule has 0 N–H and O–H groups in total. The predicted molar refractivity (Wildman–Crippen MR) is 65.5 cm³/mol. The van der Waals surface area contributed by atoms with Crippen molar-refractivity contribution in [3.8, 4) is 0 Å². The fourth-order valence-electron chi connectivity index (χ4n) is 1.65. The van der Waals surface area contributed by atoms with Crippen molar-refractivity contribution >= 4 is 11.8 Å². The van der Waals surface area contributed by atoms with E-state index in [4.69, 9.17) is 4.74 Å². The van der Waals surface area contributed by atoms with E-state index in [0.717, 1.165) is 0 Å². The molecule has 0 radical (unpaired) electrons. The molecule has 0 saturated carbocycles. The van der Waals surface area contributed by atoms with Crippen LogP contribution in [0.2, 0.25) is 0 Å². The third-order valence-corrected chi connectivity index (χ3v) is 3.00. The van der Waals surface area contributed by atoms with Crippen LogP contribution in [0, 0.1) is 11.2 Å². The van der Waals surface area contributed by atoms with Crippen molar-refractivity contribution in [1.82, 2.24) is 0 Å². The van der Waals surface area contributed by atoms with E-state index in [2.05, 4.69) is 0 Å². The molecule has 0 aromatic heterocycles. The van der Waals surface area contributed by atoms with Crippen molar-refractivity contribution in [3.63, 3.8) is 0 Å². The highest BCUT2D eigenvalue weighted by Crippen LogP contribution is 2.27. The lowest BCUT2D eigenvalue weighted by Gasteiger charge is -2.24. The van der Waals surface area contributed by atoms with Crippen LogP contribution in [0.5, 0.6) is 0 Å². The summed E-state index contributed by atoms with van der Waals surface area (Å²) in [5.74, 6) is -1.36. The molecule has 1 aromatic rings. The summed E-state index contributed by atoms with van der Waals surface area (Å²) in [7, 11) is 0. The molecule has 0 aliphatic carbocycles. The summed E-state index contributed by atoms with van der Waals surface area (Å²) in [5.41, 5.74) is -0.999. The Kier molecular flexibility index (Phi) is 4.59. The molecule has 0 aliphatic rings. The minimum atomic E-state index is -1.34. The molecule has 0 heterocycles. The van der Waals surface area contributed by atoms with E-state index in [-0.39, 0.29) is 18.8 Å². The third-order valence-electron chi connectivity index (χ3n) is 3.00. The summed E-state index contributed by atoms with van der Waals surface area (Å²) < 4.78 is 18.5. The number of ketones is 1. The van der Waals surface area contributed by atoms with Crippen LogP contribution in [0.25, 0.3) is 0 Å². The maximum absolute atomic E-state index is 13.6. The van der Waals surface area contributed by atoms with E-state index >= 15 is 0 Å². The van der Waals surface area contributed by atoms with Gasteiger partial charge in [0.25, 0.3) is 0 Å². The molecule has 0 spiro atoms. The van der Waals surface area contributed by atoms with Crippen LogP contribution in [-0.4, -0.2) is 18.4 Å². The second-order valence-electron chi connectivity index (χ2n) is 4.38. The summed E-state index contributed by atoms with van der Waals surface area (Å²) in [5, 5.41) is 0. The zero-order valence-electron chi connectivity index (χ0n) is 10.8. The van der Waals surface area contributed by atoms with Crippen LogP contribution >= 0.6 is 0 Å². The average molecular weight is 252 g/mol. The number of hydrogen-bond acceptors (Lipinski definition) is 3. The van der Waals surface area contributed by atoms with Gasteiger partial charge in [-0.15, -0.1) is 0 Å². The van der Waals surface area contributed by atoms with Gasteiger partial charge in [0.1, 0.15) is 17.0 Å². The molecule has 3 nitrogen and oxygen atoms in total. The molecule has 18 heavy (non-hydrogen) atoms. The number of esters is 1. The van der Waals surface area contributed by atoms with Gasteiger partial charge in [0, 0.05) is 0 Å². The monoisotopic (exact) mass is 252 g/mol. The highest BCUT2D eigenvalue weighted by Gasteiger charge is 2.40. The summed E-state index contributed by atoms with van der Waals surface area (Å²) in [4.78, 5) is 23.5. The Bertz CT molecular complexity index is 456. The highest BCUT2D eigenvalue weighted by atomic mass is 19.1. The zero-order valence-corrected chi connectivity index (χ0v) is 10.8. The van der Waals surface area contributed by atoms with E-state index in [9.17, 15) is 14.0 Å². The Balaban J connectivity index is 3.04. The number of Topliss-reactive ketones (excluding diaryl/α,β-unsaturated/α-hetero) is 1. The third kappa shape index (κ3) is 2.94. The van der Waals surface area contributed by atoms with Crippen molar-refractivity contribution in [3.05, 3.63) is 35.6 Å². The van der Waals surface area contributed by atoms with Gasteiger partial charge in [0.05, 0.1) is 6.61 Å². The summed E-state index contributed by atoms with van der Waals surface area (Å²) in [6.45, 7) is 4.66. The van der Waals surface area contributed by atoms with Crippen molar-refractivity contribution in [2.45, 2.75) is 27.2 Å². The number of rotatable bonds is 5. The van der Waals surface area contributed by atoms with E-state index in [1.54, 1.807) is 25.1 Å². The van der Waals surface area contributed by atoms with Gasteiger partial charge in [-0.05, 0) is 38.8 Å². The van der Waals surface area contributed by atoms with Gasteiger partial charge in [-0.25, -0.2) is 4.39 Å². The molecule has 0 fully saturated rings. The van der Waals surface area contributed by atoms with E-state index in [0.29, 0.717) is 5.56 Å². The van der Waals surface area contributed by atoms with Crippen LogP contribution in [-0.2, 0) is 20.7 Å². The van der Waals surface area contributed by atoms with Gasteiger partial charge < -0.3 is 4.74 Å². The molecule has 0 amide bonds. The molecule has 0 saturated heterocycles. The van der Waals surface area contributed by atoms with Gasteiger partial charge in [-0.3, -0.25) is 9.59 Å². The Morgan fingerprint density at radius 3 is 2.44 bits per heavy atom. The Morgan fingerprint density at radius 1 is 1.33 bits per heavy atom. The number of halogens is 1. The Labute approximate surface area is 106 Å². The first kappa shape index (κ1) is 14.4. The predicted octanol–water partition coefficient (Wildman–Crippen LogP) is 2.53. The maximum atomic E-state index is 13.6. The maximum Gasteiger partial charge on any atom is 0.319 e. The smallest absolute Gasteiger partial charge is 0.319 e. The fourth-order valence-corrected chi connectivity index (χ4v) is 1.65. The first-order valence-electron chi connectivity index (χ1n) is 5.83. The largest absolute Gasteiger partial charge is 0.465 e. The number of carbonyl (C=O) groups excluding carboxylic acids is 2. The first-order valence-corrected chi connectivity index (χ1v) is 5.83. The standard InChI is InChI=1S/C14H17FO3/c1-4-18-13(17)14(3,10(2)16)9-11-7-5-6-8-12(11)15/h5-8H,4,9H2,1-3H3. The van der Waals surface area contributed by atoms with Gasteiger partial charge in [-0.1, -0.05) is 18.2 Å². The second kappa shape index (κ2) is 5.76. The fraction of sp³-hybridized carbons (Fsp3) is 0.429. The molecule has 0 bridgehead atoms. The normalized spacial score (nSPS) is 13.8. The second-order valence-corrected chi connectivity index (χ2v) is 4.38. The number of carbonyl (C=O) groups is 2. The SMILES string of the molecule is CCOC(=O)C(C)(Cc1ccccc1F)C(C)=O. The minimum absolute atomic E-state index is 0.00778. The molecule has 1 aromatic carbocycles. The molecular formula is C14H17FO3. The highest BCUT2D eigenvalue weighted by molar-refractivity contribution is 6.02. The Hall–Kier alpha value is -1.71. The van der Waals surface area contributed by atoms with Crippen LogP contribution in [0.3, 0.4) is 0 Å². The first-order chi connectivity index (χ1) is 8.41. The Morgan fingerprint density at radius 2 is 1.94 bits per heavy atom. The minimum Gasteiger partial charge on any atom is -0.465 e. The van der Waals surface area contributed by atoms with Crippen LogP contribution in [0.1, 0.15) is 26.3 Å². The summed E-state index contributed by atoms with van der Waals surface area (Å²) >= 11 is 0. The van der Waals surface area contributed by atoms with Crippen molar-refractivity contribution in [2.24, 2.45) is 5.41 Å². The molecule has 1 unspecified atom stereocenters. The molecular weight excluding hydrogens is 235 g/mol. The van der Waals surface area contributed by atoms with Crippen molar-refractivity contribution < 1.29 is 18.7 Å². The lowest BCUT2D eigenvalue weighted by molar-refractivity contribution is -0.158. The molecule has 1 atom stereocenters. The quantitative estimate of drug-likeness (QED) is 0.597. The van der Waals surface area contributed by atoms with Crippen LogP contribution in [0.4, 0.5) is 4.39 Å². The summed E-state index contributed by atoms with van der Waals surface area (Å²) in [6, 6.07) is 6.11. The zero-order chi connectivity index (χ0) is 13.8. The van der Waals surface area contributed by atoms with Gasteiger partial charge >= 0.3 is 5.97 Å². The molecule has 98 valence electrons. The van der Waals surface area contributed by atoms with Gasteiger partial charge in [0.2, 0.25) is 0 Å². The van der Waals surface area contributed by atoms with E-state index in [1.165, 1.54) is 19.9 Å². The van der Waals surface area contributed by atoms with Gasteiger partial charge in [-0.2, -0.15) is 0 Å². The lowest BCUT2D eigenvalue weighted by atomic mass is 9.80. The summed E-state index contributed by atoms with van der Waals surface area (Å²) in [6.07, 6.45) is 0.00778. The van der Waals surface area contributed by atoms with Crippen LogP contribution in [0.15, 0.2) is 24.3 Å². The van der Waals surface area contributed by atoms with E-state index < -0.39 is 17.2 Å². The van der Waals surface area contributed by atoms with E-state index in [1.807, 2.05) is 0 Å². The topological polar surface area (TPSA) is 43.4 Å². The molecule has 1 rings (SSSR count). The van der Waals surface area contributed by atoms with Crippen molar-refractivity contribution in [2.75, 3.05) is 6.61 Å². The average Bonchev–Trinajstić information content (AvgIpc) is 2.32. The van der Waals surface area contributed by atoms with Crippen molar-refractivity contribution in [1.29, 1.82) is 0 Å². The molecule has 0 aliphatic heterocycles. The van der Waals surface area contributed by atoms with Gasteiger partial charge in [0.15, 0.2) is 0 Å². The molecule has 4 heteroatoms. The lowest BCUT2D eigenvalue weighted by Crippen LogP contribution is -2.38. The number of hydrogen-bond donors (Lipinski definition) is 0.